The van der Waals surface area contributed by atoms with Crippen LogP contribution in [0.25, 0.3) is 0 Å². The van der Waals surface area contributed by atoms with Crippen molar-refractivity contribution < 1.29 is 0 Å². The topological polar surface area (TPSA) is 0 Å². The summed E-state index contributed by atoms with van der Waals surface area (Å²) in [6, 6.07) is 6.41. The molecule has 0 N–H and O–H groups in total. The Morgan fingerprint density at radius 1 is 1.54 bits per heavy atom. The highest BCUT2D eigenvalue weighted by atomic mass is 79.9. The van der Waals surface area contributed by atoms with Gasteiger partial charge in [0.1, 0.15) is 0 Å². The van der Waals surface area contributed by atoms with Crippen LogP contribution in [0.4, 0.5) is 0 Å². The minimum atomic E-state index is 0.417. The van der Waals surface area contributed by atoms with E-state index in [0.717, 1.165) is 6.42 Å². The van der Waals surface area contributed by atoms with E-state index >= 15 is 0 Å². The zero-order chi connectivity index (χ0) is 9.84. The summed E-state index contributed by atoms with van der Waals surface area (Å²) in [6.07, 6.45) is 3.04. The number of allylic oxidation sites excluding steroid dienone is 1. The average Bonchev–Trinajstić information content (AvgIpc) is 2.17. The van der Waals surface area contributed by atoms with E-state index in [-0.39, 0.29) is 0 Å². The quantitative estimate of drug-likeness (QED) is 0.690. The fourth-order valence-electron chi connectivity index (χ4n) is 1.35. The number of halogens is 1. The molecule has 1 atom stereocenters. The second kappa shape index (κ2) is 4.61. The van der Waals surface area contributed by atoms with Crippen LogP contribution in [0.3, 0.4) is 0 Å². The van der Waals surface area contributed by atoms with Gasteiger partial charge in [0.2, 0.25) is 0 Å². The summed E-state index contributed by atoms with van der Waals surface area (Å²) in [6.45, 7) is 8.14. The molecule has 1 aromatic rings. The Kier molecular flexibility index (Phi) is 3.73. The van der Waals surface area contributed by atoms with E-state index in [1.807, 2.05) is 6.08 Å². The van der Waals surface area contributed by atoms with Crippen LogP contribution in [0.1, 0.15) is 30.9 Å². The van der Waals surface area contributed by atoms with Crippen LogP contribution in [0, 0.1) is 0 Å². The maximum absolute atomic E-state index is 3.81. The molecular formula is C12H15Br. The summed E-state index contributed by atoms with van der Waals surface area (Å²) in [5, 5.41) is 0. The number of hydrogen-bond donors (Lipinski definition) is 0. The molecule has 0 bridgehead atoms. The summed E-state index contributed by atoms with van der Waals surface area (Å²) < 4.78 is 1.24. The van der Waals surface area contributed by atoms with Crippen LogP contribution < -0.4 is 0 Å². The molecule has 0 saturated carbocycles. The van der Waals surface area contributed by atoms with Gasteiger partial charge in [0.05, 0.1) is 0 Å². The van der Waals surface area contributed by atoms with Crippen LogP contribution in [-0.4, -0.2) is 0 Å². The fraction of sp³-hybridized carbons (Fsp3) is 0.333. The molecule has 0 nitrogen and oxygen atoms in total. The van der Waals surface area contributed by atoms with Crippen molar-refractivity contribution in [3.05, 3.63) is 46.5 Å². The van der Waals surface area contributed by atoms with Gasteiger partial charge in [-0.1, -0.05) is 54.1 Å². The van der Waals surface area contributed by atoms with E-state index in [9.17, 15) is 0 Å². The van der Waals surface area contributed by atoms with Crippen LogP contribution in [0.5, 0.6) is 0 Å². The number of benzene rings is 1. The third-order valence-corrected chi connectivity index (χ3v) is 3.30. The van der Waals surface area contributed by atoms with E-state index in [1.54, 1.807) is 0 Å². The highest BCUT2D eigenvalue weighted by Gasteiger charge is 2.07. The van der Waals surface area contributed by atoms with Crippen molar-refractivity contribution in [3.63, 3.8) is 0 Å². The molecule has 0 radical (unpaired) electrons. The van der Waals surface area contributed by atoms with Crippen molar-refractivity contribution in [2.75, 3.05) is 0 Å². The van der Waals surface area contributed by atoms with Crippen LogP contribution in [-0.2, 0) is 6.42 Å². The molecular weight excluding hydrogens is 224 g/mol. The molecule has 0 aliphatic carbocycles. The summed E-state index contributed by atoms with van der Waals surface area (Å²) in [5.41, 5.74) is 2.69. The van der Waals surface area contributed by atoms with E-state index in [0.29, 0.717) is 5.92 Å². The van der Waals surface area contributed by atoms with E-state index in [2.05, 4.69) is 54.6 Å². The van der Waals surface area contributed by atoms with Gasteiger partial charge in [0.25, 0.3) is 0 Å². The van der Waals surface area contributed by atoms with E-state index in [4.69, 9.17) is 0 Å². The third-order valence-electron chi connectivity index (χ3n) is 2.33. The smallest absolute Gasteiger partial charge is 0.0245 e. The Bertz CT molecular complexity index is 302. The molecule has 1 unspecified atom stereocenters. The number of rotatable bonds is 3. The Morgan fingerprint density at radius 2 is 2.23 bits per heavy atom. The lowest BCUT2D eigenvalue weighted by Crippen LogP contribution is -1.93. The maximum Gasteiger partial charge on any atom is 0.0245 e. The SMILES string of the molecule is C=CC(C)c1cccc(CC)c1Br. The van der Waals surface area contributed by atoms with Gasteiger partial charge in [0, 0.05) is 4.47 Å². The summed E-state index contributed by atoms with van der Waals surface area (Å²) in [4.78, 5) is 0. The van der Waals surface area contributed by atoms with Gasteiger partial charge in [-0.2, -0.15) is 0 Å². The van der Waals surface area contributed by atoms with Gasteiger partial charge in [-0.15, -0.1) is 6.58 Å². The van der Waals surface area contributed by atoms with Crippen LogP contribution in [0.2, 0.25) is 0 Å². The Hall–Kier alpha value is -0.560. The van der Waals surface area contributed by atoms with E-state index < -0.39 is 0 Å². The maximum atomic E-state index is 3.81. The van der Waals surface area contributed by atoms with Crippen molar-refractivity contribution in [3.8, 4) is 0 Å². The first kappa shape index (κ1) is 10.5. The van der Waals surface area contributed by atoms with Crippen molar-refractivity contribution in [2.45, 2.75) is 26.2 Å². The van der Waals surface area contributed by atoms with Gasteiger partial charge in [-0.3, -0.25) is 0 Å². The second-order valence-corrected chi connectivity index (χ2v) is 3.99. The Balaban J connectivity index is 3.14. The largest absolute Gasteiger partial charge is 0.102 e. The molecule has 1 rings (SSSR count). The van der Waals surface area contributed by atoms with E-state index in [1.165, 1.54) is 15.6 Å². The van der Waals surface area contributed by atoms with Crippen molar-refractivity contribution in [1.82, 2.24) is 0 Å². The van der Waals surface area contributed by atoms with Crippen LogP contribution >= 0.6 is 15.9 Å². The zero-order valence-electron chi connectivity index (χ0n) is 8.18. The predicted octanol–water partition coefficient (Wildman–Crippen LogP) is 4.30. The Labute approximate surface area is 88.8 Å². The van der Waals surface area contributed by atoms with Crippen molar-refractivity contribution >= 4 is 15.9 Å². The van der Waals surface area contributed by atoms with Gasteiger partial charge in [0.15, 0.2) is 0 Å². The van der Waals surface area contributed by atoms with Gasteiger partial charge < -0.3 is 0 Å². The molecule has 0 aliphatic heterocycles. The summed E-state index contributed by atoms with van der Waals surface area (Å²) >= 11 is 3.64. The Morgan fingerprint density at radius 3 is 2.77 bits per heavy atom. The molecule has 0 amide bonds. The first-order chi connectivity index (χ1) is 6.20. The molecule has 1 aromatic carbocycles. The lowest BCUT2D eigenvalue weighted by molar-refractivity contribution is 0.950. The monoisotopic (exact) mass is 238 g/mol. The van der Waals surface area contributed by atoms with Gasteiger partial charge in [-0.25, -0.2) is 0 Å². The number of hydrogen-bond acceptors (Lipinski definition) is 0. The number of aryl methyl sites for hydroxylation is 1. The average molecular weight is 239 g/mol. The summed E-state index contributed by atoms with van der Waals surface area (Å²) in [5.74, 6) is 0.417. The second-order valence-electron chi connectivity index (χ2n) is 3.20. The van der Waals surface area contributed by atoms with Gasteiger partial charge >= 0.3 is 0 Å². The molecule has 70 valence electrons. The highest BCUT2D eigenvalue weighted by molar-refractivity contribution is 9.10. The zero-order valence-corrected chi connectivity index (χ0v) is 9.76. The molecule has 0 aliphatic rings. The minimum Gasteiger partial charge on any atom is -0.102 e. The molecule has 0 saturated heterocycles. The molecule has 0 fully saturated rings. The predicted molar refractivity (Wildman–Crippen MR) is 62.1 cm³/mol. The fourth-order valence-corrected chi connectivity index (χ4v) is 2.26. The first-order valence-electron chi connectivity index (χ1n) is 4.60. The first-order valence-corrected chi connectivity index (χ1v) is 5.39. The summed E-state index contributed by atoms with van der Waals surface area (Å²) in [7, 11) is 0. The highest BCUT2D eigenvalue weighted by Crippen LogP contribution is 2.28. The van der Waals surface area contributed by atoms with Crippen molar-refractivity contribution in [1.29, 1.82) is 0 Å². The standard InChI is InChI=1S/C12H15Br/c1-4-9(3)11-8-6-7-10(5-2)12(11)13/h4,6-9H,1,5H2,2-3H3. The molecule has 0 heterocycles. The minimum absolute atomic E-state index is 0.417. The molecule has 1 heteroatoms. The van der Waals surface area contributed by atoms with Crippen molar-refractivity contribution in [2.24, 2.45) is 0 Å². The van der Waals surface area contributed by atoms with Gasteiger partial charge in [-0.05, 0) is 23.5 Å². The molecule has 0 spiro atoms. The van der Waals surface area contributed by atoms with Crippen LogP contribution in [0.15, 0.2) is 35.3 Å². The lowest BCUT2D eigenvalue weighted by Gasteiger charge is -2.11. The normalized spacial score (nSPS) is 12.5. The molecule has 13 heavy (non-hydrogen) atoms. The lowest BCUT2D eigenvalue weighted by atomic mass is 9.98. The third kappa shape index (κ3) is 2.22. The molecule has 0 aromatic heterocycles.